The third kappa shape index (κ3) is 6.24. The zero-order chi connectivity index (χ0) is 17.4. The molecule has 1 aliphatic rings. The predicted molar refractivity (Wildman–Crippen MR) is 96.4 cm³/mol. The largest absolute Gasteiger partial charge is 0.352 e. The van der Waals surface area contributed by atoms with E-state index in [-0.39, 0.29) is 23.6 Å². The third-order valence-electron chi connectivity index (χ3n) is 4.67. The Morgan fingerprint density at radius 3 is 2.58 bits per heavy atom. The Labute approximate surface area is 144 Å². The summed E-state index contributed by atoms with van der Waals surface area (Å²) in [6.07, 6.45) is 5.33. The molecular weight excluding hydrogens is 324 g/mol. The molecule has 1 aliphatic carbocycles. The van der Waals surface area contributed by atoms with Crippen LogP contribution in [0.25, 0.3) is 0 Å². The number of nitrogens with two attached hydrogens (primary N) is 1. The average Bonchev–Trinajstić information content (AvgIpc) is 2.55. The molecule has 0 spiro atoms. The van der Waals surface area contributed by atoms with Gasteiger partial charge < -0.3 is 11.1 Å². The summed E-state index contributed by atoms with van der Waals surface area (Å²) in [6, 6.07) is 9.80. The Kier molecular flexibility index (Phi) is 7.24. The topological polar surface area (TPSA) is 89.3 Å². The Morgan fingerprint density at radius 2 is 1.88 bits per heavy atom. The number of sulfone groups is 1. The minimum absolute atomic E-state index is 0.0239. The highest BCUT2D eigenvalue weighted by Gasteiger charge is 2.26. The van der Waals surface area contributed by atoms with E-state index in [1.807, 2.05) is 30.3 Å². The summed E-state index contributed by atoms with van der Waals surface area (Å²) in [5, 5.41) is 2.89. The molecule has 2 unspecified atom stereocenters. The number of carbonyl (C=O) groups excluding carboxylic acids is 1. The molecule has 1 aromatic carbocycles. The first-order valence-corrected chi connectivity index (χ1v) is 10.6. The quantitative estimate of drug-likeness (QED) is 0.745. The summed E-state index contributed by atoms with van der Waals surface area (Å²) in [7, 11) is -3.37. The minimum Gasteiger partial charge on any atom is -0.352 e. The maximum absolute atomic E-state index is 12.1. The van der Waals surface area contributed by atoms with Crippen molar-refractivity contribution in [2.45, 2.75) is 44.6 Å². The number of carbonyl (C=O) groups is 1. The highest BCUT2D eigenvalue weighted by Crippen LogP contribution is 2.23. The smallest absolute Gasteiger partial charge is 0.235 e. The lowest BCUT2D eigenvalue weighted by atomic mass is 9.84. The summed E-state index contributed by atoms with van der Waals surface area (Å²) in [6.45, 7) is 0.536. The molecule has 134 valence electrons. The van der Waals surface area contributed by atoms with E-state index in [0.717, 1.165) is 31.2 Å². The van der Waals surface area contributed by atoms with Crippen molar-refractivity contribution in [1.29, 1.82) is 0 Å². The van der Waals surface area contributed by atoms with E-state index >= 15 is 0 Å². The first-order chi connectivity index (χ1) is 11.5. The van der Waals surface area contributed by atoms with E-state index < -0.39 is 15.6 Å². The minimum atomic E-state index is -3.37. The standard InChI is InChI=1S/C18H28N2O3S/c19-13-16-10-4-5-11-17(16)20-18(21)14-24(22,23)12-6-9-15-7-2-1-3-8-15/h1-3,7-8,16-17H,4-6,9-14,19H2,(H,20,21). The molecule has 0 bridgehead atoms. The van der Waals surface area contributed by atoms with Crippen LogP contribution >= 0.6 is 0 Å². The molecule has 1 aromatic rings. The number of benzene rings is 1. The number of rotatable bonds is 8. The van der Waals surface area contributed by atoms with E-state index in [1.165, 1.54) is 0 Å². The number of aryl methyl sites for hydroxylation is 1. The molecule has 1 amide bonds. The molecule has 0 radical (unpaired) electrons. The highest BCUT2D eigenvalue weighted by molar-refractivity contribution is 7.92. The van der Waals surface area contributed by atoms with Crippen LogP contribution in [0.4, 0.5) is 0 Å². The van der Waals surface area contributed by atoms with E-state index in [4.69, 9.17) is 5.73 Å². The van der Waals surface area contributed by atoms with Crippen molar-refractivity contribution in [1.82, 2.24) is 5.32 Å². The molecule has 1 fully saturated rings. The molecule has 2 atom stereocenters. The monoisotopic (exact) mass is 352 g/mol. The van der Waals surface area contributed by atoms with Gasteiger partial charge in [-0.1, -0.05) is 43.2 Å². The van der Waals surface area contributed by atoms with E-state index in [1.54, 1.807) is 0 Å². The van der Waals surface area contributed by atoms with Gasteiger partial charge >= 0.3 is 0 Å². The van der Waals surface area contributed by atoms with Crippen molar-refractivity contribution in [3.63, 3.8) is 0 Å². The second kappa shape index (κ2) is 9.18. The Hall–Kier alpha value is -1.40. The van der Waals surface area contributed by atoms with Crippen molar-refractivity contribution in [2.75, 3.05) is 18.1 Å². The molecule has 0 aromatic heterocycles. The molecule has 5 nitrogen and oxygen atoms in total. The molecular formula is C18H28N2O3S. The first kappa shape index (κ1) is 18.9. The van der Waals surface area contributed by atoms with Crippen molar-refractivity contribution < 1.29 is 13.2 Å². The van der Waals surface area contributed by atoms with Gasteiger partial charge in [0.05, 0.1) is 5.75 Å². The fourth-order valence-corrected chi connectivity index (χ4v) is 4.55. The van der Waals surface area contributed by atoms with Crippen LogP contribution in [0, 0.1) is 5.92 Å². The molecule has 24 heavy (non-hydrogen) atoms. The normalized spacial score (nSPS) is 21.4. The number of nitrogens with one attached hydrogen (secondary N) is 1. The molecule has 0 aliphatic heterocycles. The van der Waals surface area contributed by atoms with Crippen LogP contribution < -0.4 is 11.1 Å². The third-order valence-corrected chi connectivity index (χ3v) is 6.29. The summed E-state index contributed by atoms with van der Waals surface area (Å²) < 4.78 is 24.3. The van der Waals surface area contributed by atoms with Gasteiger partial charge in [0.25, 0.3) is 0 Å². The van der Waals surface area contributed by atoms with Crippen LogP contribution in [0.15, 0.2) is 30.3 Å². The first-order valence-electron chi connectivity index (χ1n) is 8.74. The van der Waals surface area contributed by atoms with Gasteiger partial charge in [-0.15, -0.1) is 0 Å². The lowest BCUT2D eigenvalue weighted by Crippen LogP contribution is -2.46. The van der Waals surface area contributed by atoms with Crippen molar-refractivity contribution in [3.05, 3.63) is 35.9 Å². The molecule has 0 saturated heterocycles. The van der Waals surface area contributed by atoms with Crippen LogP contribution in [0.2, 0.25) is 0 Å². The lowest BCUT2D eigenvalue weighted by Gasteiger charge is -2.31. The van der Waals surface area contributed by atoms with Gasteiger partial charge in [-0.05, 0) is 43.7 Å². The molecule has 0 heterocycles. The molecule has 1 saturated carbocycles. The molecule has 2 rings (SSSR count). The lowest BCUT2D eigenvalue weighted by molar-refractivity contribution is -0.119. The van der Waals surface area contributed by atoms with Gasteiger partial charge in [0, 0.05) is 6.04 Å². The summed E-state index contributed by atoms with van der Waals surface area (Å²) in [5.41, 5.74) is 6.86. The summed E-state index contributed by atoms with van der Waals surface area (Å²) in [5.74, 6) is -0.501. The van der Waals surface area contributed by atoms with Crippen molar-refractivity contribution in [2.24, 2.45) is 11.7 Å². The van der Waals surface area contributed by atoms with Gasteiger partial charge in [0.2, 0.25) is 5.91 Å². The fourth-order valence-electron chi connectivity index (χ4n) is 3.34. The maximum Gasteiger partial charge on any atom is 0.235 e. The average molecular weight is 353 g/mol. The summed E-state index contributed by atoms with van der Waals surface area (Å²) >= 11 is 0. The maximum atomic E-state index is 12.1. The second-order valence-electron chi connectivity index (χ2n) is 6.64. The van der Waals surface area contributed by atoms with Crippen molar-refractivity contribution >= 4 is 15.7 Å². The van der Waals surface area contributed by atoms with Crippen LogP contribution in [0.1, 0.15) is 37.7 Å². The van der Waals surface area contributed by atoms with Crippen LogP contribution in [0.5, 0.6) is 0 Å². The SMILES string of the molecule is NCC1CCCCC1NC(=O)CS(=O)(=O)CCCc1ccccc1. The zero-order valence-corrected chi connectivity index (χ0v) is 14.9. The fraction of sp³-hybridized carbons (Fsp3) is 0.611. The van der Waals surface area contributed by atoms with Gasteiger partial charge in [-0.25, -0.2) is 8.42 Å². The zero-order valence-electron chi connectivity index (χ0n) is 14.1. The summed E-state index contributed by atoms with van der Waals surface area (Å²) in [4.78, 5) is 12.1. The van der Waals surface area contributed by atoms with Crippen LogP contribution in [-0.2, 0) is 21.1 Å². The number of hydrogen-bond donors (Lipinski definition) is 2. The number of hydrogen-bond acceptors (Lipinski definition) is 4. The van der Waals surface area contributed by atoms with Gasteiger partial charge in [-0.2, -0.15) is 0 Å². The van der Waals surface area contributed by atoms with E-state index in [2.05, 4.69) is 5.32 Å². The van der Waals surface area contributed by atoms with E-state index in [0.29, 0.717) is 19.4 Å². The van der Waals surface area contributed by atoms with Crippen LogP contribution in [0.3, 0.4) is 0 Å². The molecule has 6 heteroatoms. The Balaban J connectivity index is 1.77. The Morgan fingerprint density at radius 1 is 1.17 bits per heavy atom. The van der Waals surface area contributed by atoms with E-state index in [9.17, 15) is 13.2 Å². The molecule has 3 N–H and O–H groups in total. The van der Waals surface area contributed by atoms with Gasteiger partial charge in [-0.3, -0.25) is 4.79 Å². The second-order valence-corrected chi connectivity index (χ2v) is 8.82. The number of amides is 1. The highest BCUT2D eigenvalue weighted by atomic mass is 32.2. The van der Waals surface area contributed by atoms with Crippen molar-refractivity contribution in [3.8, 4) is 0 Å². The van der Waals surface area contributed by atoms with Gasteiger partial charge in [0.15, 0.2) is 9.84 Å². The van der Waals surface area contributed by atoms with Crippen LogP contribution in [-0.4, -0.2) is 38.4 Å². The Bertz CT molecular complexity index is 616. The van der Waals surface area contributed by atoms with Gasteiger partial charge in [0.1, 0.15) is 5.75 Å². The predicted octanol–water partition coefficient (Wildman–Crippen LogP) is 1.67.